The lowest BCUT2D eigenvalue weighted by atomic mass is 10.1. The molecule has 0 bridgehead atoms. The molecule has 0 saturated heterocycles. The molecule has 0 aliphatic heterocycles. The zero-order valence-corrected chi connectivity index (χ0v) is 13.7. The predicted molar refractivity (Wildman–Crippen MR) is 90.2 cm³/mol. The summed E-state index contributed by atoms with van der Waals surface area (Å²) < 4.78 is 1.03. The van der Waals surface area contributed by atoms with Gasteiger partial charge in [-0.2, -0.15) is 0 Å². The molecule has 5 heteroatoms. The quantitative estimate of drug-likeness (QED) is 0.772. The number of aliphatic hydroxyl groups is 1. The predicted octanol–water partition coefficient (Wildman–Crippen LogP) is 3.24. The molecule has 2 rings (SSSR count). The second kappa shape index (κ2) is 8.12. The van der Waals surface area contributed by atoms with Crippen molar-refractivity contribution < 1.29 is 9.90 Å². The highest BCUT2D eigenvalue weighted by atomic mass is 79.9. The van der Waals surface area contributed by atoms with Gasteiger partial charge >= 0.3 is 0 Å². The van der Waals surface area contributed by atoms with Gasteiger partial charge in [0.15, 0.2) is 0 Å². The van der Waals surface area contributed by atoms with Gasteiger partial charge in [-0.1, -0.05) is 30.3 Å². The van der Waals surface area contributed by atoms with Crippen molar-refractivity contribution in [1.82, 2.24) is 5.32 Å². The maximum atomic E-state index is 11.9. The summed E-state index contributed by atoms with van der Waals surface area (Å²) in [5.41, 5.74) is 1.09. The largest absolute Gasteiger partial charge is 0.394 e. The molecule has 1 aromatic carbocycles. The standard InChI is InChI=1S/C16H16BrNO2S/c17-15-8-6-14(21-15)7-9-16(20)18-13(11-19)10-12-4-2-1-3-5-12/h1-9,13,19H,10-11H2,(H,18,20)/b9-7+/t13-/m1/s1. The fraction of sp³-hybridized carbons (Fsp3) is 0.188. The molecule has 0 spiro atoms. The average Bonchev–Trinajstić information content (AvgIpc) is 2.91. The van der Waals surface area contributed by atoms with E-state index in [2.05, 4.69) is 21.2 Å². The third-order valence-electron chi connectivity index (χ3n) is 2.88. The van der Waals surface area contributed by atoms with Crippen LogP contribution in [0.4, 0.5) is 0 Å². The molecule has 0 fully saturated rings. The van der Waals surface area contributed by atoms with Crippen molar-refractivity contribution in [3.8, 4) is 0 Å². The van der Waals surface area contributed by atoms with Crippen LogP contribution in [0.3, 0.4) is 0 Å². The van der Waals surface area contributed by atoms with Gasteiger partial charge < -0.3 is 10.4 Å². The molecule has 0 unspecified atom stereocenters. The Hall–Kier alpha value is -1.43. The maximum Gasteiger partial charge on any atom is 0.244 e. The summed E-state index contributed by atoms with van der Waals surface area (Å²) in [5.74, 6) is -0.200. The number of amides is 1. The molecule has 2 N–H and O–H groups in total. The first-order valence-electron chi connectivity index (χ1n) is 6.56. The van der Waals surface area contributed by atoms with Crippen LogP contribution in [0.5, 0.6) is 0 Å². The van der Waals surface area contributed by atoms with E-state index in [0.717, 1.165) is 14.2 Å². The minimum absolute atomic E-state index is 0.0843. The fourth-order valence-electron chi connectivity index (χ4n) is 1.88. The van der Waals surface area contributed by atoms with E-state index >= 15 is 0 Å². The van der Waals surface area contributed by atoms with Crippen molar-refractivity contribution in [3.05, 3.63) is 62.8 Å². The lowest BCUT2D eigenvalue weighted by Crippen LogP contribution is -2.38. The van der Waals surface area contributed by atoms with E-state index < -0.39 is 0 Å². The molecule has 3 nitrogen and oxygen atoms in total. The Balaban J connectivity index is 1.89. The Morgan fingerprint density at radius 3 is 2.67 bits per heavy atom. The Morgan fingerprint density at radius 2 is 2.05 bits per heavy atom. The van der Waals surface area contributed by atoms with Gasteiger partial charge in [0, 0.05) is 11.0 Å². The van der Waals surface area contributed by atoms with Crippen LogP contribution in [0.25, 0.3) is 6.08 Å². The number of aliphatic hydroxyl groups excluding tert-OH is 1. The van der Waals surface area contributed by atoms with Crippen molar-refractivity contribution in [2.75, 3.05) is 6.61 Å². The zero-order chi connectivity index (χ0) is 15.1. The normalized spacial score (nSPS) is 12.5. The molecule has 0 saturated carbocycles. The SMILES string of the molecule is O=C(/C=C/c1ccc(Br)s1)N[C@@H](CO)Cc1ccccc1. The van der Waals surface area contributed by atoms with Crippen LogP contribution in [0.2, 0.25) is 0 Å². The molecule has 21 heavy (non-hydrogen) atoms. The Kier molecular flexibility index (Phi) is 6.17. The molecule has 0 radical (unpaired) electrons. The number of nitrogens with one attached hydrogen (secondary N) is 1. The van der Waals surface area contributed by atoms with Gasteiger partial charge in [0.25, 0.3) is 0 Å². The van der Waals surface area contributed by atoms with Gasteiger partial charge in [-0.15, -0.1) is 11.3 Å². The van der Waals surface area contributed by atoms with E-state index in [1.807, 2.05) is 42.5 Å². The van der Waals surface area contributed by atoms with E-state index in [4.69, 9.17) is 0 Å². The topological polar surface area (TPSA) is 49.3 Å². The van der Waals surface area contributed by atoms with E-state index in [9.17, 15) is 9.90 Å². The Bertz CT molecular complexity index is 610. The summed E-state index contributed by atoms with van der Waals surface area (Å²) in [6, 6.07) is 13.4. The van der Waals surface area contributed by atoms with E-state index in [0.29, 0.717) is 6.42 Å². The molecule has 1 aromatic heterocycles. The number of halogens is 1. The van der Waals surface area contributed by atoms with Crippen LogP contribution in [-0.4, -0.2) is 23.7 Å². The van der Waals surface area contributed by atoms with Gasteiger partial charge in [0.1, 0.15) is 0 Å². The van der Waals surface area contributed by atoms with Gasteiger partial charge in [0.2, 0.25) is 5.91 Å². The average molecular weight is 366 g/mol. The number of carbonyl (C=O) groups excluding carboxylic acids is 1. The van der Waals surface area contributed by atoms with E-state index in [-0.39, 0.29) is 18.6 Å². The van der Waals surface area contributed by atoms with Crippen LogP contribution in [0.15, 0.2) is 52.3 Å². The van der Waals surface area contributed by atoms with Gasteiger partial charge in [-0.05, 0) is 46.1 Å². The second-order valence-corrected chi connectivity index (χ2v) is 7.05. The summed E-state index contributed by atoms with van der Waals surface area (Å²) in [5, 5.41) is 12.2. The lowest BCUT2D eigenvalue weighted by Gasteiger charge is -2.15. The molecule has 0 aliphatic carbocycles. The molecule has 0 aliphatic rings. The number of rotatable bonds is 6. The van der Waals surface area contributed by atoms with Crippen molar-refractivity contribution in [1.29, 1.82) is 0 Å². The van der Waals surface area contributed by atoms with Crippen molar-refractivity contribution in [2.24, 2.45) is 0 Å². The summed E-state index contributed by atoms with van der Waals surface area (Å²) in [6.07, 6.45) is 3.87. The molecule has 1 heterocycles. The first-order valence-corrected chi connectivity index (χ1v) is 8.17. The van der Waals surface area contributed by atoms with Crippen LogP contribution in [-0.2, 0) is 11.2 Å². The molecule has 1 amide bonds. The highest BCUT2D eigenvalue weighted by molar-refractivity contribution is 9.11. The third-order valence-corrected chi connectivity index (χ3v) is 4.47. The highest BCUT2D eigenvalue weighted by Gasteiger charge is 2.10. The van der Waals surface area contributed by atoms with Gasteiger partial charge in [0.05, 0.1) is 16.4 Å². The second-order valence-electron chi connectivity index (χ2n) is 4.55. The molecule has 1 atom stereocenters. The number of thiophene rings is 1. The van der Waals surface area contributed by atoms with Crippen molar-refractivity contribution in [2.45, 2.75) is 12.5 Å². The van der Waals surface area contributed by atoms with Gasteiger partial charge in [-0.25, -0.2) is 0 Å². The number of benzene rings is 1. The lowest BCUT2D eigenvalue weighted by molar-refractivity contribution is -0.117. The minimum atomic E-state index is -0.278. The highest BCUT2D eigenvalue weighted by Crippen LogP contribution is 2.22. The maximum absolute atomic E-state index is 11.9. The summed E-state index contributed by atoms with van der Waals surface area (Å²) in [7, 11) is 0. The van der Waals surface area contributed by atoms with Crippen molar-refractivity contribution >= 4 is 39.2 Å². The van der Waals surface area contributed by atoms with Crippen LogP contribution in [0.1, 0.15) is 10.4 Å². The number of carbonyl (C=O) groups is 1. The van der Waals surface area contributed by atoms with Crippen LogP contribution in [0, 0.1) is 0 Å². The molecule has 2 aromatic rings. The molecule has 110 valence electrons. The third kappa shape index (κ3) is 5.46. The first kappa shape index (κ1) is 15.9. The molecular weight excluding hydrogens is 350 g/mol. The smallest absolute Gasteiger partial charge is 0.244 e. The Morgan fingerprint density at radius 1 is 1.29 bits per heavy atom. The monoisotopic (exact) mass is 365 g/mol. The fourth-order valence-corrected chi connectivity index (χ4v) is 3.21. The van der Waals surface area contributed by atoms with Gasteiger partial charge in [-0.3, -0.25) is 4.79 Å². The Labute approximate surface area is 136 Å². The van der Waals surface area contributed by atoms with Crippen molar-refractivity contribution in [3.63, 3.8) is 0 Å². The minimum Gasteiger partial charge on any atom is -0.394 e. The van der Waals surface area contributed by atoms with E-state index in [1.54, 1.807) is 17.4 Å². The number of hydrogen-bond acceptors (Lipinski definition) is 3. The zero-order valence-electron chi connectivity index (χ0n) is 11.3. The van der Waals surface area contributed by atoms with E-state index in [1.165, 1.54) is 6.08 Å². The summed E-state index contributed by atoms with van der Waals surface area (Å²) in [4.78, 5) is 12.9. The van der Waals surface area contributed by atoms with Crippen LogP contribution < -0.4 is 5.32 Å². The molecular formula is C16H16BrNO2S. The summed E-state index contributed by atoms with van der Waals surface area (Å²) >= 11 is 4.94. The number of hydrogen-bond donors (Lipinski definition) is 2. The summed E-state index contributed by atoms with van der Waals surface area (Å²) in [6.45, 7) is -0.0843. The van der Waals surface area contributed by atoms with Crippen LogP contribution >= 0.6 is 27.3 Å². The first-order chi connectivity index (χ1) is 10.2.